The van der Waals surface area contributed by atoms with Crippen molar-refractivity contribution < 1.29 is 9.18 Å². The van der Waals surface area contributed by atoms with E-state index in [9.17, 15) is 9.18 Å². The van der Waals surface area contributed by atoms with Gasteiger partial charge in [-0.2, -0.15) is 4.99 Å². The number of benzene rings is 1. The molecule has 1 fully saturated rings. The third-order valence-electron chi connectivity index (χ3n) is 3.22. The van der Waals surface area contributed by atoms with E-state index in [2.05, 4.69) is 4.99 Å². The summed E-state index contributed by atoms with van der Waals surface area (Å²) in [5.41, 5.74) is 5.99. The normalized spacial score (nSPS) is 23.4. The molecule has 18 heavy (non-hydrogen) atoms. The van der Waals surface area contributed by atoms with Crippen LogP contribution in [0.15, 0.2) is 23.2 Å². The summed E-state index contributed by atoms with van der Waals surface area (Å²) in [6, 6.07) is 3.44. The van der Waals surface area contributed by atoms with Crippen molar-refractivity contribution >= 4 is 23.5 Å². The van der Waals surface area contributed by atoms with Crippen LogP contribution in [0.25, 0.3) is 0 Å². The van der Waals surface area contributed by atoms with E-state index in [0.29, 0.717) is 0 Å². The van der Waals surface area contributed by atoms with Gasteiger partial charge in [0.15, 0.2) is 0 Å². The first-order valence-corrected chi connectivity index (χ1v) is 6.07. The number of urea groups is 1. The molecule has 2 N–H and O–H groups in total. The molecule has 2 aliphatic rings. The van der Waals surface area contributed by atoms with Gasteiger partial charge >= 0.3 is 6.03 Å². The minimum atomic E-state index is -0.668. The highest BCUT2D eigenvalue weighted by Gasteiger charge is 2.45. The van der Waals surface area contributed by atoms with Gasteiger partial charge in [0.05, 0.1) is 0 Å². The van der Waals surface area contributed by atoms with Crippen LogP contribution in [0.2, 0.25) is 5.02 Å². The van der Waals surface area contributed by atoms with E-state index in [0.717, 1.165) is 12.8 Å². The molecule has 0 saturated heterocycles. The maximum absolute atomic E-state index is 13.9. The first-order chi connectivity index (χ1) is 8.59. The fourth-order valence-electron chi connectivity index (χ4n) is 2.26. The molecule has 0 aromatic heterocycles. The van der Waals surface area contributed by atoms with Gasteiger partial charge in [-0.25, -0.2) is 9.18 Å². The molecular weight excluding hydrogens is 257 g/mol. The fourth-order valence-corrected chi connectivity index (χ4v) is 2.53. The van der Waals surface area contributed by atoms with Crippen molar-refractivity contribution in [1.29, 1.82) is 0 Å². The van der Waals surface area contributed by atoms with E-state index in [1.807, 2.05) is 0 Å². The summed E-state index contributed by atoms with van der Waals surface area (Å²) >= 11 is 6.02. The molecule has 6 heteroatoms. The Morgan fingerprint density at radius 1 is 1.44 bits per heavy atom. The average Bonchev–Trinajstić information content (AvgIpc) is 3.07. The minimum absolute atomic E-state index is 0.1000. The second-order valence-corrected chi connectivity index (χ2v) is 4.90. The number of amidine groups is 1. The van der Waals surface area contributed by atoms with E-state index in [4.69, 9.17) is 17.3 Å². The van der Waals surface area contributed by atoms with Crippen molar-refractivity contribution in [3.05, 3.63) is 34.6 Å². The van der Waals surface area contributed by atoms with Crippen molar-refractivity contribution in [2.45, 2.75) is 24.9 Å². The van der Waals surface area contributed by atoms with Crippen LogP contribution in [0.5, 0.6) is 0 Å². The number of halogens is 2. The standard InChI is InChI=1S/C12H11ClFN3O/c13-7-2-1-3-8(14)9(7)10-11(15)16-12(18)17(10)6-4-5-6/h1-3,6,10H,4-5H2,(H2,15,16,18). The Balaban J connectivity index is 2.09. The lowest BCUT2D eigenvalue weighted by Gasteiger charge is -2.25. The zero-order valence-corrected chi connectivity index (χ0v) is 10.2. The average molecular weight is 268 g/mol. The topological polar surface area (TPSA) is 58.7 Å². The lowest BCUT2D eigenvalue weighted by Crippen LogP contribution is -2.35. The number of amides is 2. The van der Waals surface area contributed by atoms with Gasteiger partial charge in [-0.1, -0.05) is 17.7 Å². The lowest BCUT2D eigenvalue weighted by atomic mass is 10.0. The third-order valence-corrected chi connectivity index (χ3v) is 3.55. The van der Waals surface area contributed by atoms with Gasteiger partial charge in [0.1, 0.15) is 17.7 Å². The predicted molar refractivity (Wildman–Crippen MR) is 66.0 cm³/mol. The summed E-state index contributed by atoms with van der Waals surface area (Å²) < 4.78 is 13.9. The highest BCUT2D eigenvalue weighted by molar-refractivity contribution is 6.31. The zero-order valence-electron chi connectivity index (χ0n) is 9.44. The van der Waals surface area contributed by atoms with Gasteiger partial charge in [-0.15, -0.1) is 0 Å². The summed E-state index contributed by atoms with van der Waals surface area (Å²) in [7, 11) is 0. The Hall–Kier alpha value is -1.62. The summed E-state index contributed by atoms with van der Waals surface area (Å²) in [6.45, 7) is 0. The number of carbonyl (C=O) groups excluding carboxylic acids is 1. The van der Waals surface area contributed by atoms with Crippen LogP contribution in [0.1, 0.15) is 24.4 Å². The fraction of sp³-hybridized carbons (Fsp3) is 0.333. The summed E-state index contributed by atoms with van der Waals surface area (Å²) in [4.78, 5) is 17.0. The summed E-state index contributed by atoms with van der Waals surface area (Å²) in [5.74, 6) is -0.357. The number of nitrogens with two attached hydrogens (primary N) is 1. The molecule has 1 atom stereocenters. The van der Waals surface area contributed by atoms with Crippen LogP contribution in [0.3, 0.4) is 0 Å². The lowest BCUT2D eigenvalue weighted by molar-refractivity contribution is 0.202. The number of nitrogens with zero attached hydrogens (tertiary/aromatic N) is 2. The maximum Gasteiger partial charge on any atom is 0.346 e. The van der Waals surface area contributed by atoms with E-state index < -0.39 is 17.9 Å². The zero-order chi connectivity index (χ0) is 12.9. The molecule has 94 valence electrons. The number of aliphatic imine (C=N–C) groups is 1. The Morgan fingerprint density at radius 2 is 2.17 bits per heavy atom. The Kier molecular flexibility index (Phi) is 2.52. The molecule has 1 aromatic carbocycles. The van der Waals surface area contributed by atoms with Gasteiger partial charge in [-0.3, -0.25) is 0 Å². The van der Waals surface area contributed by atoms with Gasteiger partial charge in [0, 0.05) is 16.6 Å². The first kappa shape index (κ1) is 11.5. The van der Waals surface area contributed by atoms with Crippen molar-refractivity contribution in [2.75, 3.05) is 0 Å². The van der Waals surface area contributed by atoms with Crippen LogP contribution in [-0.4, -0.2) is 22.8 Å². The van der Waals surface area contributed by atoms with Crippen LogP contribution >= 0.6 is 11.6 Å². The highest BCUT2D eigenvalue weighted by atomic mass is 35.5. The smallest absolute Gasteiger partial charge is 0.346 e. The van der Waals surface area contributed by atoms with Crippen molar-refractivity contribution in [1.82, 2.24) is 4.90 Å². The molecule has 0 bridgehead atoms. The summed E-state index contributed by atoms with van der Waals surface area (Å²) in [5, 5.41) is 0.263. The molecule has 3 rings (SSSR count). The molecule has 1 aromatic rings. The SMILES string of the molecule is NC1=NC(=O)N(C2CC2)C1c1c(F)cccc1Cl. The van der Waals surface area contributed by atoms with Crippen LogP contribution < -0.4 is 5.73 Å². The summed E-state index contributed by atoms with van der Waals surface area (Å²) in [6.07, 6.45) is 1.80. The highest BCUT2D eigenvalue weighted by Crippen LogP contribution is 2.40. The monoisotopic (exact) mass is 267 g/mol. The second-order valence-electron chi connectivity index (χ2n) is 4.50. The van der Waals surface area contributed by atoms with Gasteiger partial charge in [0.25, 0.3) is 0 Å². The molecule has 1 aliphatic heterocycles. The largest absolute Gasteiger partial charge is 0.385 e. The van der Waals surface area contributed by atoms with Crippen LogP contribution in [0, 0.1) is 5.82 Å². The second kappa shape index (κ2) is 3.95. The van der Waals surface area contributed by atoms with E-state index in [1.165, 1.54) is 17.0 Å². The predicted octanol–water partition coefficient (Wildman–Crippen LogP) is 2.48. The van der Waals surface area contributed by atoms with Crippen molar-refractivity contribution in [3.8, 4) is 0 Å². The van der Waals surface area contributed by atoms with Crippen molar-refractivity contribution in [2.24, 2.45) is 10.7 Å². The first-order valence-electron chi connectivity index (χ1n) is 5.70. The van der Waals surface area contributed by atoms with Gasteiger partial charge in [-0.05, 0) is 25.0 Å². The quantitative estimate of drug-likeness (QED) is 0.895. The van der Waals surface area contributed by atoms with Crippen molar-refractivity contribution in [3.63, 3.8) is 0 Å². The maximum atomic E-state index is 13.9. The Morgan fingerprint density at radius 3 is 2.78 bits per heavy atom. The van der Waals surface area contributed by atoms with E-state index >= 15 is 0 Å². The number of hydrogen-bond acceptors (Lipinski definition) is 2. The molecule has 0 spiro atoms. The molecular formula is C12H11ClFN3O. The Bertz CT molecular complexity index is 536. The van der Waals surface area contributed by atoms with Gasteiger partial charge in [0.2, 0.25) is 0 Å². The molecule has 0 radical (unpaired) electrons. The Labute approximate surface area is 108 Å². The molecule has 1 aliphatic carbocycles. The molecule has 2 amide bonds. The molecule has 1 saturated carbocycles. The molecule has 4 nitrogen and oxygen atoms in total. The number of carbonyl (C=O) groups is 1. The van der Waals surface area contributed by atoms with Crippen LogP contribution in [0.4, 0.5) is 9.18 Å². The van der Waals surface area contributed by atoms with E-state index in [1.54, 1.807) is 6.07 Å². The molecule has 1 unspecified atom stereocenters. The third kappa shape index (κ3) is 1.66. The van der Waals surface area contributed by atoms with Gasteiger partial charge < -0.3 is 10.6 Å². The van der Waals surface area contributed by atoms with Crippen LogP contribution in [-0.2, 0) is 0 Å². The van der Waals surface area contributed by atoms with E-state index in [-0.39, 0.29) is 22.5 Å². The number of hydrogen-bond donors (Lipinski definition) is 1. The minimum Gasteiger partial charge on any atom is -0.385 e. The molecule has 1 heterocycles. The number of rotatable bonds is 2.